The van der Waals surface area contributed by atoms with Gasteiger partial charge >= 0.3 is 6.03 Å². The van der Waals surface area contributed by atoms with Gasteiger partial charge in [-0.25, -0.2) is 14.2 Å². The second kappa shape index (κ2) is 18.7. The van der Waals surface area contributed by atoms with Crippen molar-refractivity contribution in [2.24, 2.45) is 13.0 Å². The molecule has 3 fully saturated rings. The summed E-state index contributed by atoms with van der Waals surface area (Å²) >= 11 is 0. The average molecular weight is 899 g/mol. The predicted octanol–water partition coefficient (Wildman–Crippen LogP) is 6.43. The minimum atomic E-state index is -0.817. The summed E-state index contributed by atoms with van der Waals surface area (Å²) in [5.74, 6) is 1.03. The summed E-state index contributed by atoms with van der Waals surface area (Å²) in [5, 5.41) is 17.0. The fraction of sp³-hybridized carbons (Fsp3) is 0.396. The zero-order valence-electron chi connectivity index (χ0n) is 37.2. The minimum absolute atomic E-state index is 0.0355. The van der Waals surface area contributed by atoms with E-state index in [-0.39, 0.29) is 42.4 Å². The molecule has 1 unspecified atom stereocenters. The Kier molecular flexibility index (Phi) is 12.4. The van der Waals surface area contributed by atoms with Crippen molar-refractivity contribution in [3.05, 3.63) is 89.4 Å². The monoisotopic (exact) mass is 898 g/mol. The van der Waals surface area contributed by atoms with E-state index in [1.807, 2.05) is 31.2 Å². The number of amides is 5. The Labute approximate surface area is 381 Å². The Hall–Kier alpha value is -7.26. The van der Waals surface area contributed by atoms with Gasteiger partial charge in [0.1, 0.15) is 11.6 Å². The first-order chi connectivity index (χ1) is 32.0. The fourth-order valence-electron chi connectivity index (χ4n) is 9.48. The number of piperazine rings is 1. The molecule has 6 heterocycles. The normalized spacial score (nSPS) is 17.6. The van der Waals surface area contributed by atoms with Crippen molar-refractivity contribution in [3.8, 4) is 29.1 Å². The predicted molar refractivity (Wildman–Crippen MR) is 243 cm³/mol. The minimum Gasteiger partial charge on any atom is -0.493 e. The van der Waals surface area contributed by atoms with E-state index in [0.717, 1.165) is 57.7 Å². The third kappa shape index (κ3) is 8.53. The van der Waals surface area contributed by atoms with Gasteiger partial charge in [0, 0.05) is 82.6 Å². The molecular formula is C48H51FN10O7. The molecule has 5 aromatic rings. The highest BCUT2D eigenvalue weighted by Gasteiger charge is 2.44. The summed E-state index contributed by atoms with van der Waals surface area (Å²) in [6.07, 6.45) is 4.84. The highest BCUT2D eigenvalue weighted by Crippen LogP contribution is 2.40. The zero-order chi connectivity index (χ0) is 46.1. The highest BCUT2D eigenvalue weighted by atomic mass is 19.1. The van der Waals surface area contributed by atoms with Gasteiger partial charge in [0.05, 0.1) is 48.9 Å². The number of hydrogen-bond donors (Lipinski definition) is 1. The summed E-state index contributed by atoms with van der Waals surface area (Å²) in [6, 6.07) is 18.1. The lowest BCUT2D eigenvalue weighted by molar-refractivity contribution is -0.120. The number of benzene rings is 3. The molecule has 17 nitrogen and oxygen atoms in total. The topological polar surface area (TPSA) is 179 Å². The molecule has 3 saturated heterocycles. The molecule has 2 aromatic heterocycles. The van der Waals surface area contributed by atoms with Gasteiger partial charge in [-0.2, -0.15) is 10.4 Å². The number of nitrogens with zero attached hydrogens (tertiary/aromatic N) is 9. The molecule has 0 saturated carbocycles. The van der Waals surface area contributed by atoms with Crippen LogP contribution in [0.1, 0.15) is 71.3 Å². The van der Waals surface area contributed by atoms with Crippen LogP contribution in [0.2, 0.25) is 0 Å². The number of piperidine rings is 1. The lowest BCUT2D eigenvalue weighted by Gasteiger charge is -2.38. The van der Waals surface area contributed by atoms with Gasteiger partial charge in [-0.1, -0.05) is 6.07 Å². The molecule has 0 bridgehead atoms. The maximum Gasteiger partial charge on any atom is 0.329 e. The summed E-state index contributed by atoms with van der Waals surface area (Å²) in [6.45, 7) is 8.14. The van der Waals surface area contributed by atoms with Gasteiger partial charge in [0.2, 0.25) is 5.91 Å². The summed E-state index contributed by atoms with van der Waals surface area (Å²) in [5.41, 5.74) is 2.83. The number of ether oxygens (including phenoxy) is 3. The van der Waals surface area contributed by atoms with Gasteiger partial charge in [0.25, 0.3) is 11.8 Å². The molecule has 18 heteroatoms. The molecule has 0 aliphatic carbocycles. The van der Waals surface area contributed by atoms with E-state index in [4.69, 9.17) is 14.2 Å². The lowest BCUT2D eigenvalue weighted by atomic mass is 9.93. The molecule has 342 valence electrons. The number of aryl methyl sites for hydroxylation is 1. The number of methoxy groups -OCH3 is 1. The summed E-state index contributed by atoms with van der Waals surface area (Å²) < 4.78 is 34.2. The number of imide groups is 2. The van der Waals surface area contributed by atoms with Crippen LogP contribution in [0.15, 0.2) is 66.9 Å². The smallest absolute Gasteiger partial charge is 0.329 e. The maximum absolute atomic E-state index is 15.4. The van der Waals surface area contributed by atoms with Crippen molar-refractivity contribution < 1.29 is 37.8 Å². The Bertz CT molecular complexity index is 2720. The third-order valence-corrected chi connectivity index (χ3v) is 13.0. The quantitative estimate of drug-likeness (QED) is 0.121. The number of pyridine rings is 1. The number of carbonyl (C=O) groups is 4. The molecule has 4 aliphatic rings. The average Bonchev–Trinajstić information content (AvgIpc) is 3.78. The van der Waals surface area contributed by atoms with Crippen molar-refractivity contribution in [2.75, 3.05) is 80.8 Å². The van der Waals surface area contributed by atoms with Crippen LogP contribution >= 0.6 is 0 Å². The highest BCUT2D eigenvalue weighted by molar-refractivity contribution is 6.23. The second-order valence-corrected chi connectivity index (χ2v) is 16.9. The van der Waals surface area contributed by atoms with Crippen molar-refractivity contribution in [3.63, 3.8) is 0 Å². The van der Waals surface area contributed by atoms with Crippen molar-refractivity contribution in [1.82, 2.24) is 29.9 Å². The fourth-order valence-corrected chi connectivity index (χ4v) is 9.48. The maximum atomic E-state index is 15.4. The van der Waals surface area contributed by atoms with E-state index in [9.17, 15) is 24.4 Å². The third-order valence-electron chi connectivity index (χ3n) is 13.0. The standard InChI is InChI=1S/C48H51FN10O7/c1-4-65-41-27-31(5-10-39(41)64-3)37(11-17-50)59-46(61)34-12-18-51-45(43(34)47(59)62)57-25-23-55(24-26-57)19-13-30-14-20-56(21-15-30)32-6-8-33(9-7-32)66-40-29-38-35(28-36(40)49)44(53-54(38)2)58-22-16-42(60)52-48(58)63/h5-10,12,18,27-30,37H,4,11,13-16,19-26H2,1-3H3,(H,52,60,63). The Morgan fingerprint density at radius 1 is 0.879 bits per heavy atom. The molecule has 1 atom stereocenters. The molecular weight excluding hydrogens is 848 g/mol. The van der Waals surface area contributed by atoms with Crippen LogP contribution in [0.25, 0.3) is 10.9 Å². The first-order valence-corrected chi connectivity index (χ1v) is 22.4. The summed E-state index contributed by atoms with van der Waals surface area (Å²) in [4.78, 5) is 66.2. The number of nitriles is 1. The largest absolute Gasteiger partial charge is 0.493 e. The van der Waals surface area contributed by atoms with Gasteiger partial charge in [-0.3, -0.25) is 39.1 Å². The number of aromatic nitrogens is 3. The number of urea groups is 1. The van der Waals surface area contributed by atoms with Gasteiger partial charge in [-0.05, 0) is 92.7 Å². The number of carbonyl (C=O) groups excluding carboxylic acids is 4. The van der Waals surface area contributed by atoms with Crippen LogP contribution in [-0.2, 0) is 11.8 Å². The van der Waals surface area contributed by atoms with E-state index in [1.54, 1.807) is 48.3 Å². The molecule has 5 amide bonds. The van der Waals surface area contributed by atoms with E-state index < -0.39 is 29.7 Å². The Balaban J connectivity index is 0.761. The second-order valence-electron chi connectivity index (χ2n) is 16.9. The first kappa shape index (κ1) is 44.0. The van der Waals surface area contributed by atoms with E-state index in [1.165, 1.54) is 23.0 Å². The number of fused-ring (bicyclic) bond motifs is 2. The van der Waals surface area contributed by atoms with Crippen molar-refractivity contribution in [2.45, 2.75) is 45.1 Å². The molecule has 0 spiro atoms. The number of rotatable bonds is 14. The first-order valence-electron chi connectivity index (χ1n) is 22.4. The molecule has 66 heavy (non-hydrogen) atoms. The Morgan fingerprint density at radius 2 is 1.65 bits per heavy atom. The Morgan fingerprint density at radius 3 is 2.36 bits per heavy atom. The number of hydrogen-bond acceptors (Lipinski definition) is 13. The van der Waals surface area contributed by atoms with Crippen molar-refractivity contribution >= 4 is 52.0 Å². The SMILES string of the molecule is CCOc1cc(C(CC#N)N2C(=O)c3ccnc(N4CCN(CCC5CCN(c6ccc(Oc7cc8c(cc7F)c(N7CCC(=O)NC7=O)nn8C)cc6)CC5)CC4)c3C2=O)ccc1OC. The van der Waals surface area contributed by atoms with Crippen LogP contribution in [0.5, 0.6) is 23.0 Å². The lowest BCUT2D eigenvalue weighted by Crippen LogP contribution is -2.49. The van der Waals surface area contributed by atoms with Crippen molar-refractivity contribution in [1.29, 1.82) is 5.26 Å². The molecule has 1 N–H and O–H groups in total. The molecule has 4 aliphatic heterocycles. The number of anilines is 3. The van der Waals surface area contributed by atoms with Gasteiger partial charge in [0.15, 0.2) is 28.9 Å². The van der Waals surface area contributed by atoms with Gasteiger partial charge in [-0.15, -0.1) is 0 Å². The van der Waals surface area contributed by atoms with Crippen LogP contribution < -0.4 is 34.2 Å². The molecule has 0 radical (unpaired) electrons. The molecule has 9 rings (SSSR count). The summed E-state index contributed by atoms with van der Waals surface area (Å²) in [7, 11) is 3.25. The van der Waals surface area contributed by atoms with E-state index in [0.29, 0.717) is 70.7 Å². The number of nitrogens with one attached hydrogen (secondary N) is 1. The number of halogens is 1. The van der Waals surface area contributed by atoms with E-state index in [2.05, 4.69) is 36.2 Å². The molecule has 3 aromatic carbocycles. The van der Waals surface area contributed by atoms with Gasteiger partial charge < -0.3 is 24.0 Å². The zero-order valence-corrected chi connectivity index (χ0v) is 37.2. The van der Waals surface area contributed by atoms with Crippen LogP contribution in [-0.4, -0.2) is 114 Å². The van der Waals surface area contributed by atoms with Crippen LogP contribution in [0, 0.1) is 23.1 Å². The van der Waals surface area contributed by atoms with Crippen LogP contribution in [0.4, 0.5) is 26.5 Å². The van der Waals surface area contributed by atoms with E-state index >= 15 is 4.39 Å². The van der Waals surface area contributed by atoms with Crippen LogP contribution in [0.3, 0.4) is 0 Å².